The van der Waals surface area contributed by atoms with Gasteiger partial charge in [0, 0.05) is 5.56 Å². The van der Waals surface area contributed by atoms with E-state index in [4.69, 9.17) is 5.26 Å². The maximum atomic E-state index is 13.0. The topological polar surface area (TPSA) is 50.1 Å². The average Bonchev–Trinajstić information content (AvgIpc) is 2.36. The summed E-state index contributed by atoms with van der Waals surface area (Å²) in [6, 6.07) is 2.29. The van der Waals surface area contributed by atoms with Crippen LogP contribution in [0.3, 0.4) is 0 Å². The van der Waals surface area contributed by atoms with Crippen LogP contribution in [0.15, 0.2) is 12.1 Å². The van der Waals surface area contributed by atoms with Crippen LogP contribution in [0.25, 0.3) is 0 Å². The third-order valence-corrected chi connectivity index (χ3v) is 2.54. The van der Waals surface area contributed by atoms with Gasteiger partial charge in [-0.3, -0.25) is 4.79 Å². The summed E-state index contributed by atoms with van der Waals surface area (Å²) in [6.07, 6.45) is -8.83. The molecule has 0 radical (unpaired) electrons. The number of carbonyl (C=O) groups excluding carboxylic acids is 1. The summed E-state index contributed by atoms with van der Waals surface area (Å²) in [4.78, 5) is 11.3. The number of ether oxygens (including phenoxy) is 1. The van der Waals surface area contributed by atoms with Gasteiger partial charge in [0.25, 0.3) is 6.43 Å². The molecular weight excluding hydrogens is 297 g/mol. The normalized spacial score (nSPS) is 11.3. The minimum absolute atomic E-state index is 0.0557. The summed E-state index contributed by atoms with van der Waals surface area (Å²) in [7, 11) is 0. The molecular formula is C13H10F5NO2. The molecule has 0 N–H and O–H groups in total. The van der Waals surface area contributed by atoms with E-state index in [1.165, 1.54) is 13.0 Å². The number of benzene rings is 1. The number of nitrogens with zero attached hydrogens (tertiary/aromatic N) is 1. The van der Waals surface area contributed by atoms with E-state index in [0.29, 0.717) is 12.1 Å². The second-order valence-corrected chi connectivity index (χ2v) is 3.99. The predicted octanol–water partition coefficient (Wildman–Crippen LogP) is 3.62. The SMILES string of the molecule is CCOC(=O)Cc1cc(C(F)F)cc(C#N)c1C(F)(F)F. The van der Waals surface area contributed by atoms with Crippen molar-refractivity contribution in [3.05, 3.63) is 34.4 Å². The van der Waals surface area contributed by atoms with Crippen molar-refractivity contribution in [3.8, 4) is 6.07 Å². The van der Waals surface area contributed by atoms with Gasteiger partial charge in [-0.05, 0) is 24.6 Å². The Hall–Kier alpha value is -2.17. The summed E-state index contributed by atoms with van der Waals surface area (Å²) in [6.45, 7) is 1.40. The zero-order chi connectivity index (χ0) is 16.2. The maximum Gasteiger partial charge on any atom is 0.417 e. The van der Waals surface area contributed by atoms with Crippen LogP contribution in [0.4, 0.5) is 22.0 Å². The van der Waals surface area contributed by atoms with E-state index in [9.17, 15) is 26.7 Å². The highest BCUT2D eigenvalue weighted by Gasteiger charge is 2.37. The number of halogens is 5. The Balaban J connectivity index is 3.45. The minimum Gasteiger partial charge on any atom is -0.466 e. The monoisotopic (exact) mass is 307 g/mol. The Morgan fingerprint density at radius 2 is 2.00 bits per heavy atom. The van der Waals surface area contributed by atoms with Crippen LogP contribution >= 0.6 is 0 Å². The first-order valence-corrected chi connectivity index (χ1v) is 5.78. The predicted molar refractivity (Wildman–Crippen MR) is 61.5 cm³/mol. The van der Waals surface area contributed by atoms with Crippen molar-refractivity contribution in [1.29, 1.82) is 5.26 Å². The molecule has 0 atom stereocenters. The number of hydrogen-bond acceptors (Lipinski definition) is 3. The molecule has 8 heteroatoms. The quantitative estimate of drug-likeness (QED) is 0.630. The van der Waals surface area contributed by atoms with Crippen LogP contribution in [0.1, 0.15) is 35.6 Å². The molecule has 21 heavy (non-hydrogen) atoms. The van der Waals surface area contributed by atoms with Crippen LogP contribution in [-0.4, -0.2) is 12.6 Å². The van der Waals surface area contributed by atoms with Gasteiger partial charge >= 0.3 is 12.1 Å². The molecule has 1 aromatic rings. The summed E-state index contributed by atoms with van der Waals surface area (Å²) >= 11 is 0. The van der Waals surface area contributed by atoms with E-state index in [0.717, 1.165) is 0 Å². The van der Waals surface area contributed by atoms with Crippen LogP contribution in [0, 0.1) is 11.3 Å². The fraction of sp³-hybridized carbons (Fsp3) is 0.385. The van der Waals surface area contributed by atoms with Gasteiger partial charge in [-0.25, -0.2) is 8.78 Å². The van der Waals surface area contributed by atoms with Gasteiger partial charge in [-0.15, -0.1) is 0 Å². The lowest BCUT2D eigenvalue weighted by Gasteiger charge is -2.16. The summed E-state index contributed by atoms with van der Waals surface area (Å²) in [5.41, 5.74) is -3.78. The molecule has 0 aromatic heterocycles. The molecule has 0 fully saturated rings. The van der Waals surface area contributed by atoms with Crippen molar-refractivity contribution in [1.82, 2.24) is 0 Å². The minimum atomic E-state index is -4.94. The molecule has 3 nitrogen and oxygen atoms in total. The van der Waals surface area contributed by atoms with E-state index in [1.807, 2.05) is 0 Å². The highest BCUT2D eigenvalue weighted by Crippen LogP contribution is 2.37. The van der Waals surface area contributed by atoms with E-state index >= 15 is 0 Å². The third-order valence-electron chi connectivity index (χ3n) is 2.54. The second-order valence-electron chi connectivity index (χ2n) is 3.99. The Bertz CT molecular complexity index is 575. The highest BCUT2D eigenvalue weighted by molar-refractivity contribution is 5.73. The molecule has 0 heterocycles. The van der Waals surface area contributed by atoms with Crippen LogP contribution in [0.2, 0.25) is 0 Å². The number of hydrogen-bond donors (Lipinski definition) is 0. The van der Waals surface area contributed by atoms with Gasteiger partial charge in [0.15, 0.2) is 0 Å². The molecule has 0 saturated heterocycles. The van der Waals surface area contributed by atoms with Gasteiger partial charge in [-0.2, -0.15) is 18.4 Å². The number of alkyl halides is 5. The van der Waals surface area contributed by atoms with Crippen molar-refractivity contribution in [2.75, 3.05) is 6.61 Å². The zero-order valence-corrected chi connectivity index (χ0v) is 10.8. The van der Waals surface area contributed by atoms with E-state index in [1.54, 1.807) is 0 Å². The molecule has 0 unspecified atom stereocenters. The van der Waals surface area contributed by atoms with E-state index in [-0.39, 0.29) is 6.61 Å². The van der Waals surface area contributed by atoms with Crippen LogP contribution in [-0.2, 0) is 22.1 Å². The molecule has 1 rings (SSSR count). The number of nitriles is 1. The molecule has 0 aliphatic heterocycles. The molecule has 114 valence electrons. The van der Waals surface area contributed by atoms with Gasteiger partial charge in [0.2, 0.25) is 0 Å². The van der Waals surface area contributed by atoms with Gasteiger partial charge < -0.3 is 4.74 Å². The van der Waals surface area contributed by atoms with E-state index < -0.39 is 47.2 Å². The van der Waals surface area contributed by atoms with Gasteiger partial charge in [0.05, 0.1) is 30.2 Å². The standard InChI is InChI=1S/C13H10F5NO2/c1-2-21-10(20)5-7-3-8(12(14)15)4-9(6-19)11(7)13(16,17)18/h3-4,12H,2,5H2,1H3. The molecule has 0 spiro atoms. The lowest BCUT2D eigenvalue weighted by Crippen LogP contribution is -2.17. The smallest absolute Gasteiger partial charge is 0.417 e. The van der Waals surface area contributed by atoms with Crippen molar-refractivity contribution in [2.45, 2.75) is 25.9 Å². The van der Waals surface area contributed by atoms with Gasteiger partial charge in [-0.1, -0.05) is 0 Å². The third kappa shape index (κ3) is 4.15. The van der Waals surface area contributed by atoms with Crippen molar-refractivity contribution >= 4 is 5.97 Å². The lowest BCUT2D eigenvalue weighted by molar-refractivity contribution is -0.143. The molecule has 0 aliphatic rings. The molecule has 0 bridgehead atoms. The molecule has 0 amide bonds. The first kappa shape index (κ1) is 16.9. The fourth-order valence-electron chi connectivity index (χ4n) is 1.78. The van der Waals surface area contributed by atoms with Gasteiger partial charge in [0.1, 0.15) is 0 Å². The van der Waals surface area contributed by atoms with Crippen LogP contribution < -0.4 is 0 Å². The van der Waals surface area contributed by atoms with Crippen molar-refractivity contribution in [2.24, 2.45) is 0 Å². The molecule has 0 aliphatic carbocycles. The average molecular weight is 307 g/mol. The largest absolute Gasteiger partial charge is 0.466 e. The number of carbonyl (C=O) groups is 1. The maximum absolute atomic E-state index is 13.0. The molecule has 0 saturated carbocycles. The Morgan fingerprint density at radius 1 is 1.38 bits per heavy atom. The Morgan fingerprint density at radius 3 is 2.43 bits per heavy atom. The Kier molecular flexibility index (Phi) is 5.24. The highest BCUT2D eigenvalue weighted by atomic mass is 19.4. The Labute approximate surface area is 116 Å². The number of esters is 1. The summed E-state index contributed by atoms with van der Waals surface area (Å²) in [5.74, 6) is -0.988. The zero-order valence-electron chi connectivity index (χ0n) is 10.8. The lowest BCUT2D eigenvalue weighted by atomic mass is 9.95. The second kappa shape index (κ2) is 6.52. The van der Waals surface area contributed by atoms with Crippen molar-refractivity contribution in [3.63, 3.8) is 0 Å². The summed E-state index contributed by atoms with van der Waals surface area (Å²) in [5, 5.41) is 8.74. The number of rotatable bonds is 4. The molecule has 1 aromatic carbocycles. The summed E-state index contributed by atoms with van der Waals surface area (Å²) < 4.78 is 68.8. The van der Waals surface area contributed by atoms with Crippen molar-refractivity contribution < 1.29 is 31.5 Å². The first-order valence-electron chi connectivity index (χ1n) is 5.78. The van der Waals surface area contributed by atoms with E-state index in [2.05, 4.69) is 4.74 Å². The fourth-order valence-corrected chi connectivity index (χ4v) is 1.78. The van der Waals surface area contributed by atoms with Crippen LogP contribution in [0.5, 0.6) is 0 Å². The first-order chi connectivity index (χ1) is 9.70.